The number of aromatic nitrogens is 2. The van der Waals surface area contributed by atoms with Gasteiger partial charge in [0.05, 0.1) is 0 Å². The normalized spacial score (nSPS) is 12.9. The summed E-state index contributed by atoms with van der Waals surface area (Å²) in [5.41, 5.74) is 1.81. The van der Waals surface area contributed by atoms with E-state index in [9.17, 15) is 4.79 Å². The Morgan fingerprint density at radius 3 is 2.57 bits per heavy atom. The summed E-state index contributed by atoms with van der Waals surface area (Å²) in [6.45, 7) is 5.83. The van der Waals surface area contributed by atoms with Gasteiger partial charge in [0.2, 0.25) is 0 Å². The number of hydrogen-bond acceptors (Lipinski definition) is 2. The number of aryl methyl sites for hydroxylation is 1. The van der Waals surface area contributed by atoms with Crippen molar-refractivity contribution in [2.75, 3.05) is 0 Å². The maximum absolute atomic E-state index is 11.8. The van der Waals surface area contributed by atoms with Gasteiger partial charge in [-0.3, -0.25) is 9.36 Å². The van der Waals surface area contributed by atoms with Gasteiger partial charge in [0.1, 0.15) is 13.7 Å². The minimum Gasteiger partial charge on any atom is -0.300 e. The van der Waals surface area contributed by atoms with Gasteiger partial charge in [-0.2, -0.15) is 0 Å². The molecule has 0 bridgehead atoms. The molecule has 3 nitrogen and oxygen atoms in total. The average molecular weight is 192 g/mol. The Morgan fingerprint density at radius 2 is 2.07 bits per heavy atom. The topological polar surface area (TPSA) is 34.9 Å². The summed E-state index contributed by atoms with van der Waals surface area (Å²) < 4.78 is 1.60. The van der Waals surface area contributed by atoms with Crippen LogP contribution in [0.4, 0.5) is 0 Å². The lowest BCUT2D eigenvalue weighted by Crippen LogP contribution is -2.26. The minimum absolute atomic E-state index is 0.0767. The second-order valence-corrected chi connectivity index (χ2v) is 3.84. The summed E-state index contributed by atoms with van der Waals surface area (Å²) in [6.07, 6.45) is 1.01. The Balaban J connectivity index is 3.41. The zero-order valence-electron chi connectivity index (χ0n) is 9.59. The first-order valence-electron chi connectivity index (χ1n) is 5.03. The highest BCUT2D eigenvalue weighted by molar-refractivity contribution is 6.12. The smallest absolute Gasteiger partial charge is 0.256 e. The first-order chi connectivity index (χ1) is 6.49. The summed E-state index contributed by atoms with van der Waals surface area (Å²) in [5.74, 6) is 1.15. The lowest BCUT2D eigenvalue weighted by molar-refractivity contribution is 0.721. The van der Waals surface area contributed by atoms with Gasteiger partial charge >= 0.3 is 0 Å². The van der Waals surface area contributed by atoms with Gasteiger partial charge in [-0.1, -0.05) is 13.3 Å². The van der Waals surface area contributed by atoms with Gasteiger partial charge in [0.15, 0.2) is 0 Å². The molecule has 0 aliphatic heterocycles. The first-order valence-corrected chi connectivity index (χ1v) is 5.03. The van der Waals surface area contributed by atoms with Crippen LogP contribution in [-0.4, -0.2) is 17.4 Å². The molecule has 0 saturated heterocycles. The van der Waals surface area contributed by atoms with E-state index in [1.54, 1.807) is 11.6 Å². The second-order valence-electron chi connectivity index (χ2n) is 3.84. The predicted molar refractivity (Wildman–Crippen MR) is 60.5 cm³/mol. The van der Waals surface area contributed by atoms with E-state index in [4.69, 9.17) is 0 Å². The van der Waals surface area contributed by atoms with Crippen LogP contribution < -0.4 is 5.56 Å². The quantitative estimate of drug-likeness (QED) is 0.639. The van der Waals surface area contributed by atoms with Crippen LogP contribution in [0.15, 0.2) is 4.79 Å². The average Bonchev–Trinajstić information content (AvgIpc) is 2.19. The largest absolute Gasteiger partial charge is 0.300 e. The highest BCUT2D eigenvalue weighted by atomic mass is 16.1. The van der Waals surface area contributed by atoms with Crippen LogP contribution in [0.25, 0.3) is 0 Å². The molecule has 1 unspecified atom stereocenters. The summed E-state index contributed by atoms with van der Waals surface area (Å²) in [6, 6.07) is 0. The fourth-order valence-corrected chi connectivity index (χ4v) is 1.51. The molecule has 0 aromatic carbocycles. The summed E-state index contributed by atoms with van der Waals surface area (Å²) in [7, 11) is 3.87. The summed E-state index contributed by atoms with van der Waals surface area (Å²) in [4.78, 5) is 16.2. The maximum atomic E-state index is 11.8. The van der Waals surface area contributed by atoms with Gasteiger partial charge < -0.3 is 0 Å². The van der Waals surface area contributed by atoms with Crippen LogP contribution in [0.3, 0.4) is 0 Å². The minimum atomic E-state index is 0.0767. The Hall–Kier alpha value is -1.06. The van der Waals surface area contributed by atoms with Crippen molar-refractivity contribution in [1.82, 2.24) is 9.55 Å². The van der Waals surface area contributed by atoms with E-state index in [2.05, 4.69) is 19.8 Å². The van der Waals surface area contributed by atoms with Crippen molar-refractivity contribution < 1.29 is 0 Å². The molecular formula is C10H17BN2O. The lowest BCUT2D eigenvalue weighted by Gasteiger charge is -2.13. The third kappa shape index (κ3) is 1.74. The van der Waals surface area contributed by atoms with Gasteiger partial charge in [0, 0.05) is 18.3 Å². The van der Waals surface area contributed by atoms with Gasteiger partial charge in [-0.25, -0.2) is 4.98 Å². The molecule has 4 heteroatoms. The van der Waals surface area contributed by atoms with Crippen molar-refractivity contribution in [1.29, 1.82) is 0 Å². The molecule has 0 aliphatic rings. The molecule has 1 aromatic heterocycles. The van der Waals surface area contributed by atoms with E-state index < -0.39 is 0 Å². The van der Waals surface area contributed by atoms with E-state index in [0.29, 0.717) is 5.82 Å². The molecule has 0 N–H and O–H groups in total. The Morgan fingerprint density at radius 1 is 1.50 bits per heavy atom. The van der Waals surface area contributed by atoms with Crippen molar-refractivity contribution in [3.05, 3.63) is 27.4 Å². The fraction of sp³-hybridized carbons (Fsp3) is 0.600. The monoisotopic (exact) mass is 192 g/mol. The summed E-state index contributed by atoms with van der Waals surface area (Å²) in [5, 5.41) is 0. The predicted octanol–water partition coefficient (Wildman–Crippen LogP) is 0.481. The third-order valence-electron chi connectivity index (χ3n) is 2.86. The van der Waals surface area contributed by atoms with E-state index in [0.717, 1.165) is 23.5 Å². The highest BCUT2D eigenvalue weighted by Crippen LogP contribution is 2.14. The van der Waals surface area contributed by atoms with Crippen LogP contribution in [0.5, 0.6) is 0 Å². The fourth-order valence-electron chi connectivity index (χ4n) is 1.51. The van der Waals surface area contributed by atoms with Crippen LogP contribution in [0.1, 0.15) is 36.2 Å². The molecule has 1 heterocycles. The van der Waals surface area contributed by atoms with E-state index in [-0.39, 0.29) is 5.56 Å². The number of nitrogens with zero attached hydrogens (tertiary/aromatic N) is 2. The first kappa shape index (κ1) is 11.0. The van der Waals surface area contributed by atoms with Gasteiger partial charge in [0.25, 0.3) is 5.56 Å². The van der Waals surface area contributed by atoms with Crippen molar-refractivity contribution in [2.45, 2.75) is 33.0 Å². The van der Waals surface area contributed by atoms with Crippen LogP contribution in [0, 0.1) is 13.8 Å². The van der Waals surface area contributed by atoms with Crippen molar-refractivity contribution in [3.8, 4) is 0 Å². The molecule has 0 radical (unpaired) electrons. The van der Waals surface area contributed by atoms with Gasteiger partial charge in [-0.05, 0) is 19.7 Å². The molecule has 14 heavy (non-hydrogen) atoms. The number of hydrogen-bond donors (Lipinski definition) is 0. The number of rotatable bonds is 2. The molecule has 0 aliphatic carbocycles. The molecule has 0 spiro atoms. The van der Waals surface area contributed by atoms with E-state index in [1.807, 2.05) is 13.8 Å². The Kier molecular flexibility index (Phi) is 3.14. The van der Waals surface area contributed by atoms with E-state index >= 15 is 0 Å². The summed E-state index contributed by atoms with van der Waals surface area (Å²) >= 11 is 0. The molecule has 76 valence electrons. The molecule has 1 rings (SSSR count). The maximum Gasteiger partial charge on any atom is 0.256 e. The molecular weight excluding hydrogens is 175 g/mol. The van der Waals surface area contributed by atoms with Crippen molar-refractivity contribution >= 4 is 7.85 Å². The van der Waals surface area contributed by atoms with Crippen molar-refractivity contribution in [3.63, 3.8) is 0 Å². The zero-order chi connectivity index (χ0) is 10.9. The molecule has 1 aromatic rings. The molecule has 0 saturated carbocycles. The van der Waals surface area contributed by atoms with Crippen LogP contribution in [-0.2, 0) is 7.05 Å². The third-order valence-corrected chi connectivity index (χ3v) is 2.86. The second kappa shape index (κ2) is 3.99. The SMILES string of the molecule is BC(CC)c1nc(C)n(C)c(=O)c1C. The van der Waals surface area contributed by atoms with Crippen molar-refractivity contribution in [2.24, 2.45) is 7.05 Å². The highest BCUT2D eigenvalue weighted by Gasteiger charge is 2.13. The molecule has 1 atom stereocenters. The molecule has 0 amide bonds. The molecule has 0 fully saturated rings. The Labute approximate surface area is 85.6 Å². The van der Waals surface area contributed by atoms with Crippen LogP contribution >= 0.6 is 0 Å². The lowest BCUT2D eigenvalue weighted by atomic mass is 9.80. The Bertz CT molecular complexity index is 398. The van der Waals surface area contributed by atoms with Gasteiger partial charge in [-0.15, -0.1) is 0 Å². The standard InChI is InChI=1S/C10H17BN2O/c1-5-8(11)9-6(2)10(14)13(4)7(3)12-9/h8H,5,11H2,1-4H3. The zero-order valence-corrected chi connectivity index (χ0v) is 9.59. The van der Waals surface area contributed by atoms with E-state index in [1.165, 1.54) is 0 Å². The van der Waals surface area contributed by atoms with Crippen LogP contribution in [0.2, 0.25) is 0 Å².